The fourth-order valence-electron chi connectivity index (χ4n) is 2.39. The van der Waals surface area contributed by atoms with Crippen LogP contribution in [0.1, 0.15) is 28.3 Å². The summed E-state index contributed by atoms with van der Waals surface area (Å²) in [6, 6.07) is 11.7. The predicted octanol–water partition coefficient (Wildman–Crippen LogP) is 4.51. The van der Waals surface area contributed by atoms with Crippen LogP contribution in [0.3, 0.4) is 0 Å². The molecule has 0 aromatic heterocycles. The highest BCUT2D eigenvalue weighted by atomic mass is 79.9. The quantitative estimate of drug-likeness (QED) is 0.876. The molecule has 0 spiro atoms. The van der Waals surface area contributed by atoms with E-state index in [1.165, 1.54) is 11.1 Å². The maximum absolute atomic E-state index is 13.7. The number of hydrogen-bond acceptors (Lipinski definition) is 1. The first-order valence-corrected chi connectivity index (χ1v) is 7.01. The number of aryl methyl sites for hydroxylation is 2. The number of nitrogens with one attached hydrogen (secondary N) is 1. The van der Waals surface area contributed by atoms with E-state index in [1.54, 1.807) is 12.1 Å². The zero-order chi connectivity index (χ0) is 14.0. The zero-order valence-electron chi connectivity index (χ0n) is 11.3. The van der Waals surface area contributed by atoms with Gasteiger partial charge in [0.05, 0.1) is 10.5 Å². The van der Waals surface area contributed by atoms with Crippen LogP contribution in [0.25, 0.3) is 0 Å². The average molecular weight is 322 g/mol. The van der Waals surface area contributed by atoms with Crippen LogP contribution >= 0.6 is 15.9 Å². The molecule has 3 heteroatoms. The molecule has 1 unspecified atom stereocenters. The molecular weight excluding hydrogens is 305 g/mol. The molecule has 1 atom stereocenters. The van der Waals surface area contributed by atoms with Gasteiger partial charge in [0.15, 0.2) is 0 Å². The second-order valence-corrected chi connectivity index (χ2v) is 5.67. The average Bonchev–Trinajstić information content (AvgIpc) is 2.33. The minimum absolute atomic E-state index is 0.00111. The third kappa shape index (κ3) is 3.23. The Bertz CT molecular complexity index is 575. The number of halogens is 2. The van der Waals surface area contributed by atoms with Crippen LogP contribution in [-0.2, 0) is 0 Å². The van der Waals surface area contributed by atoms with Crippen molar-refractivity contribution < 1.29 is 4.39 Å². The van der Waals surface area contributed by atoms with Crippen LogP contribution in [0.15, 0.2) is 40.9 Å². The Morgan fingerprint density at radius 1 is 1.00 bits per heavy atom. The minimum Gasteiger partial charge on any atom is -0.309 e. The van der Waals surface area contributed by atoms with Crippen molar-refractivity contribution in [3.05, 3.63) is 68.9 Å². The van der Waals surface area contributed by atoms with Crippen molar-refractivity contribution in [3.8, 4) is 0 Å². The van der Waals surface area contributed by atoms with Gasteiger partial charge in [-0.25, -0.2) is 4.39 Å². The van der Waals surface area contributed by atoms with Crippen molar-refractivity contribution in [3.63, 3.8) is 0 Å². The Morgan fingerprint density at radius 2 is 1.63 bits per heavy atom. The molecule has 0 saturated carbocycles. The molecule has 0 aliphatic heterocycles. The molecule has 2 aromatic rings. The largest absolute Gasteiger partial charge is 0.309 e. The Balaban J connectivity index is 2.46. The molecule has 2 aromatic carbocycles. The van der Waals surface area contributed by atoms with Gasteiger partial charge in [-0.05, 0) is 60.1 Å². The van der Waals surface area contributed by atoms with Gasteiger partial charge in [-0.15, -0.1) is 0 Å². The van der Waals surface area contributed by atoms with Crippen molar-refractivity contribution in [2.75, 3.05) is 7.05 Å². The van der Waals surface area contributed by atoms with Crippen LogP contribution < -0.4 is 5.32 Å². The first kappa shape index (κ1) is 14.2. The first-order chi connectivity index (χ1) is 9.01. The third-order valence-corrected chi connectivity index (χ3v) is 3.79. The van der Waals surface area contributed by atoms with Gasteiger partial charge in [-0.2, -0.15) is 0 Å². The van der Waals surface area contributed by atoms with Gasteiger partial charge in [-0.3, -0.25) is 0 Å². The molecule has 19 heavy (non-hydrogen) atoms. The van der Waals surface area contributed by atoms with E-state index in [4.69, 9.17) is 0 Å². The van der Waals surface area contributed by atoms with E-state index >= 15 is 0 Å². The van der Waals surface area contributed by atoms with Gasteiger partial charge in [0, 0.05) is 0 Å². The second kappa shape index (κ2) is 5.85. The summed E-state index contributed by atoms with van der Waals surface area (Å²) in [6.07, 6.45) is 0. The molecule has 0 amide bonds. The number of rotatable bonds is 3. The highest BCUT2D eigenvalue weighted by Crippen LogP contribution is 2.26. The Kier molecular flexibility index (Phi) is 4.38. The molecular formula is C16H17BrFN. The SMILES string of the molecule is CNC(c1cc(C)cc(C)c1)c1ccc(Br)c(F)c1. The van der Waals surface area contributed by atoms with E-state index in [0.717, 1.165) is 11.1 Å². The summed E-state index contributed by atoms with van der Waals surface area (Å²) in [5.74, 6) is -0.234. The lowest BCUT2D eigenvalue weighted by molar-refractivity contribution is 0.610. The van der Waals surface area contributed by atoms with Gasteiger partial charge in [0.2, 0.25) is 0 Å². The summed E-state index contributed by atoms with van der Waals surface area (Å²) in [4.78, 5) is 0. The lowest BCUT2D eigenvalue weighted by Crippen LogP contribution is -2.18. The van der Waals surface area contributed by atoms with Crippen molar-refractivity contribution in [1.29, 1.82) is 0 Å². The molecule has 2 rings (SSSR count). The standard InChI is InChI=1S/C16H17BrFN/c1-10-6-11(2)8-13(7-10)16(19-3)12-4-5-14(17)15(18)9-12/h4-9,16,19H,1-3H3. The fourth-order valence-corrected chi connectivity index (χ4v) is 2.64. The lowest BCUT2D eigenvalue weighted by Gasteiger charge is -2.19. The van der Waals surface area contributed by atoms with Gasteiger partial charge >= 0.3 is 0 Å². The highest BCUT2D eigenvalue weighted by molar-refractivity contribution is 9.10. The van der Waals surface area contributed by atoms with Gasteiger partial charge in [0.25, 0.3) is 0 Å². The van der Waals surface area contributed by atoms with Crippen LogP contribution in [0.2, 0.25) is 0 Å². The maximum Gasteiger partial charge on any atom is 0.137 e. The van der Waals surface area contributed by atoms with Crippen molar-refractivity contribution in [1.82, 2.24) is 5.32 Å². The highest BCUT2D eigenvalue weighted by Gasteiger charge is 2.14. The topological polar surface area (TPSA) is 12.0 Å². The molecule has 100 valence electrons. The van der Waals surface area contributed by atoms with Crippen molar-refractivity contribution >= 4 is 15.9 Å². The molecule has 1 nitrogen and oxygen atoms in total. The zero-order valence-corrected chi connectivity index (χ0v) is 12.9. The molecule has 0 radical (unpaired) electrons. The normalized spacial score (nSPS) is 12.5. The molecule has 0 bridgehead atoms. The van der Waals surface area contributed by atoms with Crippen LogP contribution in [0.4, 0.5) is 4.39 Å². The van der Waals surface area contributed by atoms with Crippen molar-refractivity contribution in [2.45, 2.75) is 19.9 Å². The smallest absolute Gasteiger partial charge is 0.137 e. The third-order valence-electron chi connectivity index (χ3n) is 3.14. The van der Waals surface area contributed by atoms with Crippen LogP contribution in [0.5, 0.6) is 0 Å². The second-order valence-electron chi connectivity index (χ2n) is 4.82. The van der Waals surface area contributed by atoms with E-state index in [2.05, 4.69) is 53.3 Å². The summed E-state index contributed by atoms with van der Waals surface area (Å²) in [5, 5.41) is 3.25. The molecule has 1 N–H and O–H groups in total. The minimum atomic E-state index is -0.234. The van der Waals surface area contributed by atoms with Crippen LogP contribution in [0, 0.1) is 19.7 Å². The molecule has 0 saturated heterocycles. The number of hydrogen-bond donors (Lipinski definition) is 1. The summed E-state index contributed by atoms with van der Waals surface area (Å²) in [7, 11) is 1.89. The van der Waals surface area contributed by atoms with Gasteiger partial charge in [-0.1, -0.05) is 35.4 Å². The Labute approximate surface area is 122 Å². The molecule has 0 heterocycles. The van der Waals surface area contributed by atoms with Gasteiger partial charge < -0.3 is 5.32 Å². The maximum atomic E-state index is 13.7. The first-order valence-electron chi connectivity index (χ1n) is 6.21. The summed E-state index contributed by atoms with van der Waals surface area (Å²) in [6.45, 7) is 4.15. The van der Waals surface area contributed by atoms with E-state index in [9.17, 15) is 4.39 Å². The number of benzene rings is 2. The summed E-state index contributed by atoms with van der Waals surface area (Å²) in [5.41, 5.74) is 4.51. The van der Waals surface area contributed by atoms with E-state index in [-0.39, 0.29) is 11.9 Å². The Morgan fingerprint density at radius 3 is 2.16 bits per heavy atom. The summed E-state index contributed by atoms with van der Waals surface area (Å²) >= 11 is 3.18. The molecule has 0 fully saturated rings. The van der Waals surface area contributed by atoms with Crippen molar-refractivity contribution in [2.24, 2.45) is 0 Å². The van der Waals surface area contributed by atoms with E-state index in [1.807, 2.05) is 13.1 Å². The van der Waals surface area contributed by atoms with Gasteiger partial charge in [0.1, 0.15) is 5.82 Å². The lowest BCUT2D eigenvalue weighted by atomic mass is 9.96. The van der Waals surface area contributed by atoms with E-state index in [0.29, 0.717) is 4.47 Å². The predicted molar refractivity (Wildman–Crippen MR) is 80.9 cm³/mol. The Hall–Kier alpha value is -1.19. The van der Waals surface area contributed by atoms with Crippen LogP contribution in [-0.4, -0.2) is 7.05 Å². The monoisotopic (exact) mass is 321 g/mol. The summed E-state index contributed by atoms with van der Waals surface area (Å²) < 4.78 is 14.2. The van der Waals surface area contributed by atoms with E-state index < -0.39 is 0 Å². The fraction of sp³-hybridized carbons (Fsp3) is 0.250. The molecule has 0 aliphatic rings. The molecule has 0 aliphatic carbocycles.